The number of hydrogen-bond donors (Lipinski definition) is 1. The summed E-state index contributed by atoms with van der Waals surface area (Å²) < 4.78 is 5.23. The minimum absolute atomic E-state index is 0.391. The van der Waals surface area contributed by atoms with E-state index < -0.39 is 0 Å². The molecular weight excluding hydrogens is 246 g/mol. The van der Waals surface area contributed by atoms with Gasteiger partial charge in [-0.05, 0) is 31.5 Å². The molecule has 0 radical (unpaired) electrons. The van der Waals surface area contributed by atoms with Gasteiger partial charge in [0.1, 0.15) is 15.8 Å². The van der Waals surface area contributed by atoms with Crippen molar-refractivity contribution in [2.45, 2.75) is 18.9 Å². The van der Waals surface area contributed by atoms with Gasteiger partial charge in [-0.3, -0.25) is 0 Å². The molecule has 1 aromatic carbocycles. The zero-order valence-electron chi connectivity index (χ0n) is 10.2. The fourth-order valence-corrected chi connectivity index (χ4v) is 3.09. The molecule has 18 heavy (non-hydrogen) atoms. The van der Waals surface area contributed by atoms with Gasteiger partial charge in [0.25, 0.3) is 0 Å². The van der Waals surface area contributed by atoms with Crippen LogP contribution in [0.1, 0.15) is 23.9 Å². The number of methoxy groups -OCH3 is 1. The Balaban J connectivity index is 1.87. The predicted octanol–water partition coefficient (Wildman–Crippen LogP) is 2.64. The van der Waals surface area contributed by atoms with Crippen molar-refractivity contribution in [1.29, 1.82) is 0 Å². The van der Waals surface area contributed by atoms with Crippen LogP contribution in [-0.2, 0) is 0 Å². The topological polar surface area (TPSA) is 47.0 Å². The van der Waals surface area contributed by atoms with Crippen LogP contribution in [0.4, 0.5) is 0 Å². The second-order valence-electron chi connectivity index (χ2n) is 4.33. The Morgan fingerprint density at radius 3 is 3.11 bits per heavy atom. The molecule has 0 saturated carbocycles. The molecule has 2 heterocycles. The molecule has 1 aliphatic heterocycles. The number of nitrogens with zero attached hydrogens (tertiary/aromatic N) is 2. The van der Waals surface area contributed by atoms with E-state index in [1.165, 1.54) is 6.42 Å². The lowest BCUT2D eigenvalue weighted by Crippen LogP contribution is -2.12. The summed E-state index contributed by atoms with van der Waals surface area (Å²) in [5.74, 6) is 0.850. The second kappa shape index (κ2) is 5.04. The molecular formula is C13H15N3OS. The highest BCUT2D eigenvalue weighted by Crippen LogP contribution is 2.31. The SMILES string of the molecule is COc1cccc(-c2nnc(C3CCCN3)s2)c1. The van der Waals surface area contributed by atoms with Crippen LogP contribution in [0.15, 0.2) is 24.3 Å². The van der Waals surface area contributed by atoms with Gasteiger partial charge in [0, 0.05) is 5.56 Å². The number of hydrogen-bond acceptors (Lipinski definition) is 5. The summed E-state index contributed by atoms with van der Waals surface area (Å²) >= 11 is 1.66. The van der Waals surface area contributed by atoms with Gasteiger partial charge in [-0.15, -0.1) is 10.2 Å². The Kier molecular flexibility index (Phi) is 3.25. The van der Waals surface area contributed by atoms with Crippen molar-refractivity contribution >= 4 is 11.3 Å². The molecule has 94 valence electrons. The molecule has 2 aromatic rings. The molecule has 5 heteroatoms. The molecule has 0 aliphatic carbocycles. The summed E-state index contributed by atoms with van der Waals surface area (Å²) in [6.45, 7) is 1.08. The largest absolute Gasteiger partial charge is 0.497 e. The molecule has 1 aromatic heterocycles. The maximum atomic E-state index is 5.23. The minimum atomic E-state index is 0.391. The van der Waals surface area contributed by atoms with E-state index >= 15 is 0 Å². The molecule has 1 saturated heterocycles. The zero-order valence-corrected chi connectivity index (χ0v) is 11.0. The Labute approximate surface area is 110 Å². The molecule has 0 spiro atoms. The van der Waals surface area contributed by atoms with E-state index in [2.05, 4.69) is 15.5 Å². The fourth-order valence-electron chi connectivity index (χ4n) is 2.14. The van der Waals surface area contributed by atoms with Crippen molar-refractivity contribution in [2.24, 2.45) is 0 Å². The summed E-state index contributed by atoms with van der Waals surface area (Å²) in [4.78, 5) is 0. The van der Waals surface area contributed by atoms with Gasteiger partial charge in [0.05, 0.1) is 13.2 Å². The smallest absolute Gasteiger partial charge is 0.147 e. The average molecular weight is 261 g/mol. The summed E-state index contributed by atoms with van der Waals surface area (Å²) in [6.07, 6.45) is 2.38. The van der Waals surface area contributed by atoms with E-state index in [0.29, 0.717) is 6.04 Å². The van der Waals surface area contributed by atoms with E-state index in [4.69, 9.17) is 4.74 Å². The van der Waals surface area contributed by atoms with Crippen molar-refractivity contribution in [3.8, 4) is 16.3 Å². The lowest BCUT2D eigenvalue weighted by atomic mass is 10.2. The van der Waals surface area contributed by atoms with E-state index in [1.807, 2.05) is 24.3 Å². The molecule has 1 fully saturated rings. The summed E-state index contributed by atoms with van der Waals surface area (Å²) in [7, 11) is 1.67. The highest BCUT2D eigenvalue weighted by Gasteiger charge is 2.20. The maximum absolute atomic E-state index is 5.23. The summed E-state index contributed by atoms with van der Waals surface area (Å²) in [5, 5.41) is 14.1. The zero-order chi connectivity index (χ0) is 12.4. The van der Waals surface area contributed by atoms with Crippen molar-refractivity contribution in [1.82, 2.24) is 15.5 Å². The van der Waals surface area contributed by atoms with Crippen molar-refractivity contribution in [3.63, 3.8) is 0 Å². The molecule has 3 rings (SSSR count). The highest BCUT2D eigenvalue weighted by molar-refractivity contribution is 7.14. The Morgan fingerprint density at radius 2 is 2.33 bits per heavy atom. The van der Waals surface area contributed by atoms with Gasteiger partial charge in [-0.2, -0.15) is 0 Å². The van der Waals surface area contributed by atoms with Gasteiger partial charge in [0.15, 0.2) is 0 Å². The first kappa shape index (κ1) is 11.6. The van der Waals surface area contributed by atoms with E-state index in [0.717, 1.165) is 34.3 Å². The Morgan fingerprint density at radius 1 is 1.39 bits per heavy atom. The number of ether oxygens (including phenoxy) is 1. The van der Waals surface area contributed by atoms with Crippen LogP contribution in [0.2, 0.25) is 0 Å². The molecule has 1 unspecified atom stereocenters. The van der Waals surface area contributed by atoms with Crippen LogP contribution in [-0.4, -0.2) is 23.9 Å². The molecule has 0 amide bonds. The van der Waals surface area contributed by atoms with E-state index in [-0.39, 0.29) is 0 Å². The quantitative estimate of drug-likeness (QED) is 0.922. The monoisotopic (exact) mass is 261 g/mol. The fraction of sp³-hybridized carbons (Fsp3) is 0.385. The van der Waals surface area contributed by atoms with Crippen LogP contribution < -0.4 is 10.1 Å². The van der Waals surface area contributed by atoms with Crippen molar-refractivity contribution in [2.75, 3.05) is 13.7 Å². The highest BCUT2D eigenvalue weighted by atomic mass is 32.1. The third-order valence-corrected chi connectivity index (χ3v) is 4.20. The molecule has 0 bridgehead atoms. The van der Waals surface area contributed by atoms with Crippen LogP contribution >= 0.6 is 11.3 Å². The van der Waals surface area contributed by atoms with Crippen LogP contribution in [0.25, 0.3) is 10.6 Å². The average Bonchev–Trinajstić information content (AvgIpc) is 3.09. The molecule has 1 atom stereocenters. The first-order valence-electron chi connectivity index (χ1n) is 6.08. The van der Waals surface area contributed by atoms with Crippen LogP contribution in [0, 0.1) is 0 Å². The number of rotatable bonds is 3. The molecule has 1 aliphatic rings. The molecule has 4 nitrogen and oxygen atoms in total. The van der Waals surface area contributed by atoms with Gasteiger partial charge in [0.2, 0.25) is 0 Å². The second-order valence-corrected chi connectivity index (χ2v) is 5.34. The van der Waals surface area contributed by atoms with Gasteiger partial charge in [-0.1, -0.05) is 23.5 Å². The first-order chi connectivity index (χ1) is 8.86. The lowest BCUT2D eigenvalue weighted by Gasteiger charge is -2.03. The first-order valence-corrected chi connectivity index (χ1v) is 6.89. The predicted molar refractivity (Wildman–Crippen MR) is 71.9 cm³/mol. The summed E-state index contributed by atoms with van der Waals surface area (Å²) in [5.41, 5.74) is 1.07. The van der Waals surface area contributed by atoms with Crippen molar-refractivity contribution < 1.29 is 4.74 Å². The van der Waals surface area contributed by atoms with Crippen molar-refractivity contribution in [3.05, 3.63) is 29.3 Å². The Bertz CT molecular complexity index is 535. The number of aromatic nitrogens is 2. The minimum Gasteiger partial charge on any atom is -0.497 e. The third-order valence-electron chi connectivity index (χ3n) is 3.12. The summed E-state index contributed by atoms with van der Waals surface area (Å²) in [6, 6.07) is 8.33. The Hall–Kier alpha value is -1.46. The van der Waals surface area contributed by atoms with Crippen LogP contribution in [0.3, 0.4) is 0 Å². The van der Waals surface area contributed by atoms with Gasteiger partial charge in [-0.25, -0.2) is 0 Å². The van der Waals surface area contributed by atoms with Gasteiger partial charge >= 0.3 is 0 Å². The van der Waals surface area contributed by atoms with Gasteiger partial charge < -0.3 is 10.1 Å². The number of benzene rings is 1. The third kappa shape index (κ3) is 2.23. The lowest BCUT2D eigenvalue weighted by molar-refractivity contribution is 0.415. The van der Waals surface area contributed by atoms with Crippen LogP contribution in [0.5, 0.6) is 5.75 Å². The number of nitrogens with one attached hydrogen (secondary N) is 1. The van der Waals surface area contributed by atoms with E-state index in [1.54, 1.807) is 18.4 Å². The molecule has 1 N–H and O–H groups in total. The standard InChI is InChI=1S/C13H15N3OS/c1-17-10-5-2-4-9(8-10)12-15-16-13(18-12)11-6-3-7-14-11/h2,4-5,8,11,14H,3,6-7H2,1H3. The normalized spacial score (nSPS) is 19.1. The maximum Gasteiger partial charge on any atom is 0.147 e. The van der Waals surface area contributed by atoms with E-state index in [9.17, 15) is 0 Å².